The van der Waals surface area contributed by atoms with Crippen LogP contribution in [0.15, 0.2) is 65.6 Å². The molecule has 3 aromatic carbocycles. The molecular weight excluding hydrogens is 422 g/mol. The highest BCUT2D eigenvalue weighted by atomic mass is 35.5. The minimum atomic E-state index is -3.70. The van der Waals surface area contributed by atoms with Gasteiger partial charge in [0, 0.05) is 37.3 Å². The molecule has 1 N–H and O–H groups in total. The Bertz CT molecular complexity index is 1200. The highest BCUT2D eigenvalue weighted by Gasteiger charge is 2.28. The molecule has 3 aromatic rings. The van der Waals surface area contributed by atoms with Gasteiger partial charge in [0.15, 0.2) is 0 Å². The summed E-state index contributed by atoms with van der Waals surface area (Å²) in [5, 5.41) is 4.95. The van der Waals surface area contributed by atoms with Gasteiger partial charge in [0.25, 0.3) is 5.91 Å². The zero-order chi connectivity index (χ0) is 21.3. The molecule has 1 saturated heterocycles. The van der Waals surface area contributed by atoms with E-state index in [1.165, 1.54) is 22.5 Å². The second kappa shape index (κ2) is 8.35. The highest BCUT2D eigenvalue weighted by Crippen LogP contribution is 2.27. The Labute approximate surface area is 181 Å². The monoisotopic (exact) mass is 443 g/mol. The Hall–Kier alpha value is -2.45. The first kappa shape index (κ1) is 20.8. The van der Waals surface area contributed by atoms with Crippen molar-refractivity contribution in [3.63, 3.8) is 0 Å². The summed E-state index contributed by atoms with van der Waals surface area (Å²) >= 11 is 6.25. The number of carbonyl (C=O) groups is 1. The van der Waals surface area contributed by atoms with Crippen LogP contribution >= 0.6 is 11.6 Å². The Balaban J connectivity index is 1.64. The Morgan fingerprint density at radius 1 is 0.967 bits per heavy atom. The molecule has 1 aliphatic heterocycles. The van der Waals surface area contributed by atoms with Crippen LogP contribution in [0.1, 0.15) is 10.4 Å². The van der Waals surface area contributed by atoms with E-state index in [-0.39, 0.29) is 15.5 Å². The normalized spacial score (nSPS) is 15.9. The fourth-order valence-corrected chi connectivity index (χ4v) is 5.19. The van der Waals surface area contributed by atoms with Gasteiger partial charge in [-0.25, -0.2) is 8.42 Å². The molecule has 8 heteroatoms. The van der Waals surface area contributed by atoms with E-state index >= 15 is 0 Å². The molecular formula is C22H22ClN3O3S. The van der Waals surface area contributed by atoms with Crippen LogP contribution in [0.4, 0.5) is 5.69 Å². The van der Waals surface area contributed by atoms with Crippen molar-refractivity contribution in [1.82, 2.24) is 9.21 Å². The smallest absolute Gasteiger partial charge is 0.257 e. The standard InChI is InChI=1S/C22H22ClN3O3S/c1-25-11-13-26(14-12-25)30(28,29)17-9-10-20(23)19(15-17)22(27)24-21-8-4-6-16-5-2-3-7-18(16)21/h2-10,15H,11-14H2,1H3,(H,24,27). The number of nitrogens with one attached hydrogen (secondary N) is 1. The molecule has 156 valence electrons. The molecule has 0 saturated carbocycles. The van der Waals surface area contributed by atoms with Crippen molar-refractivity contribution >= 4 is 44.0 Å². The third kappa shape index (κ3) is 4.06. The number of likely N-dealkylation sites (N-methyl/N-ethyl adjacent to an activating group) is 1. The predicted molar refractivity (Wildman–Crippen MR) is 120 cm³/mol. The first-order valence-electron chi connectivity index (χ1n) is 9.63. The van der Waals surface area contributed by atoms with Gasteiger partial charge in [-0.2, -0.15) is 4.31 Å². The maximum Gasteiger partial charge on any atom is 0.257 e. The lowest BCUT2D eigenvalue weighted by Gasteiger charge is -2.31. The van der Waals surface area contributed by atoms with E-state index in [1.807, 2.05) is 43.4 Å². The molecule has 1 fully saturated rings. The quantitative estimate of drug-likeness (QED) is 0.667. The van der Waals surface area contributed by atoms with E-state index in [1.54, 1.807) is 6.07 Å². The van der Waals surface area contributed by atoms with Gasteiger partial charge < -0.3 is 10.2 Å². The summed E-state index contributed by atoms with van der Waals surface area (Å²) in [6.07, 6.45) is 0. The summed E-state index contributed by atoms with van der Waals surface area (Å²) in [5.41, 5.74) is 0.765. The van der Waals surface area contributed by atoms with Crippen molar-refractivity contribution in [2.75, 3.05) is 38.5 Å². The Kier molecular flexibility index (Phi) is 5.79. The van der Waals surface area contributed by atoms with Gasteiger partial charge in [-0.1, -0.05) is 48.0 Å². The van der Waals surface area contributed by atoms with Gasteiger partial charge in [-0.05, 0) is 36.7 Å². The minimum absolute atomic E-state index is 0.0690. The van der Waals surface area contributed by atoms with Crippen molar-refractivity contribution in [3.8, 4) is 0 Å². The highest BCUT2D eigenvalue weighted by molar-refractivity contribution is 7.89. The topological polar surface area (TPSA) is 69.7 Å². The fourth-order valence-electron chi connectivity index (χ4n) is 3.54. The van der Waals surface area contributed by atoms with Crippen molar-refractivity contribution in [2.45, 2.75) is 4.90 Å². The van der Waals surface area contributed by atoms with E-state index in [9.17, 15) is 13.2 Å². The molecule has 1 heterocycles. The van der Waals surface area contributed by atoms with Gasteiger partial charge in [0.05, 0.1) is 15.5 Å². The number of halogens is 1. The molecule has 0 unspecified atom stereocenters. The second-order valence-corrected chi connectivity index (χ2v) is 9.67. The van der Waals surface area contributed by atoms with Gasteiger partial charge >= 0.3 is 0 Å². The molecule has 0 bridgehead atoms. The van der Waals surface area contributed by atoms with Crippen molar-refractivity contribution in [1.29, 1.82) is 0 Å². The number of carbonyl (C=O) groups excluding carboxylic acids is 1. The largest absolute Gasteiger partial charge is 0.321 e. The van der Waals surface area contributed by atoms with Crippen LogP contribution in [0.5, 0.6) is 0 Å². The van der Waals surface area contributed by atoms with Gasteiger partial charge in [0.1, 0.15) is 0 Å². The van der Waals surface area contributed by atoms with E-state index in [2.05, 4.69) is 10.2 Å². The number of anilines is 1. The number of fused-ring (bicyclic) bond motifs is 1. The maximum absolute atomic E-state index is 13.0. The van der Waals surface area contributed by atoms with E-state index in [0.29, 0.717) is 31.9 Å². The van der Waals surface area contributed by atoms with Crippen LogP contribution in [-0.4, -0.2) is 56.8 Å². The van der Waals surface area contributed by atoms with Gasteiger partial charge in [-0.3, -0.25) is 4.79 Å². The lowest BCUT2D eigenvalue weighted by atomic mass is 10.1. The molecule has 0 aliphatic carbocycles. The average molecular weight is 444 g/mol. The molecule has 1 aliphatic rings. The number of hydrogen-bond acceptors (Lipinski definition) is 4. The molecule has 4 rings (SSSR count). The number of nitrogens with zero attached hydrogens (tertiary/aromatic N) is 2. The predicted octanol–water partition coefficient (Wildman–Crippen LogP) is 3.68. The molecule has 30 heavy (non-hydrogen) atoms. The number of sulfonamides is 1. The molecule has 0 atom stereocenters. The zero-order valence-corrected chi connectivity index (χ0v) is 18.1. The van der Waals surface area contributed by atoms with Crippen LogP contribution in [0.25, 0.3) is 10.8 Å². The van der Waals surface area contributed by atoms with Crippen LogP contribution in [0.3, 0.4) is 0 Å². The SMILES string of the molecule is CN1CCN(S(=O)(=O)c2ccc(Cl)c(C(=O)Nc3cccc4ccccc34)c2)CC1. The summed E-state index contributed by atoms with van der Waals surface area (Å²) < 4.78 is 27.5. The Morgan fingerprint density at radius 3 is 2.43 bits per heavy atom. The Morgan fingerprint density at radius 2 is 1.67 bits per heavy atom. The lowest BCUT2D eigenvalue weighted by Crippen LogP contribution is -2.47. The third-order valence-corrected chi connectivity index (χ3v) is 7.54. The zero-order valence-electron chi connectivity index (χ0n) is 16.5. The number of benzene rings is 3. The van der Waals surface area contributed by atoms with Crippen LogP contribution in [-0.2, 0) is 10.0 Å². The van der Waals surface area contributed by atoms with E-state index < -0.39 is 15.9 Å². The average Bonchev–Trinajstić information content (AvgIpc) is 2.74. The number of piperazine rings is 1. The van der Waals surface area contributed by atoms with Crippen molar-refractivity contribution < 1.29 is 13.2 Å². The molecule has 1 amide bonds. The van der Waals surface area contributed by atoms with Crippen LogP contribution in [0.2, 0.25) is 5.02 Å². The summed E-state index contributed by atoms with van der Waals surface area (Å²) in [6, 6.07) is 17.6. The first-order chi connectivity index (χ1) is 14.4. The van der Waals surface area contributed by atoms with Gasteiger partial charge in [-0.15, -0.1) is 0 Å². The maximum atomic E-state index is 13.0. The minimum Gasteiger partial charge on any atom is -0.321 e. The molecule has 6 nitrogen and oxygen atoms in total. The molecule has 0 aromatic heterocycles. The molecule has 0 radical (unpaired) electrons. The van der Waals surface area contributed by atoms with Gasteiger partial charge in [0.2, 0.25) is 10.0 Å². The number of rotatable bonds is 4. The van der Waals surface area contributed by atoms with Crippen LogP contribution in [0, 0.1) is 0 Å². The summed E-state index contributed by atoms with van der Waals surface area (Å²) in [4.78, 5) is 15.1. The van der Waals surface area contributed by atoms with Crippen molar-refractivity contribution in [3.05, 3.63) is 71.2 Å². The lowest BCUT2D eigenvalue weighted by molar-refractivity contribution is 0.102. The first-order valence-corrected chi connectivity index (χ1v) is 11.5. The fraction of sp³-hybridized carbons (Fsp3) is 0.227. The summed E-state index contributed by atoms with van der Waals surface area (Å²) in [5.74, 6) is -0.452. The van der Waals surface area contributed by atoms with Crippen LogP contribution < -0.4 is 5.32 Å². The summed E-state index contributed by atoms with van der Waals surface area (Å²) in [6.45, 7) is 2.17. The molecule has 0 spiro atoms. The summed E-state index contributed by atoms with van der Waals surface area (Å²) in [7, 11) is -1.74. The third-order valence-electron chi connectivity index (χ3n) is 5.32. The number of hydrogen-bond donors (Lipinski definition) is 1. The van der Waals surface area contributed by atoms with E-state index in [0.717, 1.165) is 10.8 Å². The second-order valence-electron chi connectivity index (χ2n) is 7.33. The van der Waals surface area contributed by atoms with Crippen molar-refractivity contribution in [2.24, 2.45) is 0 Å². The number of amides is 1. The van der Waals surface area contributed by atoms with E-state index in [4.69, 9.17) is 11.6 Å².